The molecule has 1 saturated heterocycles. The van der Waals surface area contributed by atoms with Gasteiger partial charge in [-0.3, -0.25) is 0 Å². The monoisotopic (exact) mass is 402 g/mol. The van der Waals surface area contributed by atoms with Gasteiger partial charge in [0, 0.05) is 6.42 Å². The van der Waals surface area contributed by atoms with Gasteiger partial charge in [-0.1, -0.05) is 42.5 Å². The maximum Gasteiger partial charge on any atom is 0.173 e. The fourth-order valence-corrected chi connectivity index (χ4v) is 4.83. The van der Waals surface area contributed by atoms with Crippen molar-refractivity contribution in [2.24, 2.45) is 0 Å². The van der Waals surface area contributed by atoms with Gasteiger partial charge >= 0.3 is 0 Å². The second-order valence-corrected chi connectivity index (χ2v) is 8.96. The molecule has 1 heterocycles. The zero-order valence-corrected chi connectivity index (χ0v) is 16.3. The van der Waals surface area contributed by atoms with Crippen molar-refractivity contribution in [1.82, 2.24) is 0 Å². The molecule has 150 valence electrons. The lowest BCUT2D eigenvalue weighted by Crippen LogP contribution is -2.55. The van der Waals surface area contributed by atoms with Crippen LogP contribution in [0.15, 0.2) is 48.5 Å². The van der Waals surface area contributed by atoms with Crippen LogP contribution in [-0.2, 0) is 6.42 Å². The lowest BCUT2D eigenvalue weighted by Gasteiger charge is -2.39. The Morgan fingerprint density at radius 3 is 2.29 bits per heavy atom. The summed E-state index contributed by atoms with van der Waals surface area (Å²) in [5.74, 6) is 1.36. The minimum absolute atomic E-state index is 0.301. The molecule has 1 saturated carbocycles. The molecule has 28 heavy (non-hydrogen) atoms. The van der Waals surface area contributed by atoms with Crippen molar-refractivity contribution in [1.29, 1.82) is 0 Å². The van der Waals surface area contributed by atoms with Crippen LogP contribution in [0.25, 0.3) is 0 Å². The van der Waals surface area contributed by atoms with Crippen molar-refractivity contribution in [2.75, 3.05) is 6.61 Å². The van der Waals surface area contributed by atoms with Gasteiger partial charge in [-0.25, -0.2) is 0 Å². The number of ether oxygens (including phenoxy) is 1. The van der Waals surface area contributed by atoms with E-state index in [0.29, 0.717) is 12.2 Å². The number of rotatable bonds is 6. The first kappa shape index (κ1) is 19.7. The predicted octanol–water partition coefficient (Wildman–Crippen LogP) is 2.05. The average molecular weight is 403 g/mol. The number of para-hydroxylation sites is 1. The average Bonchev–Trinajstić information content (AvgIpc) is 3.56. The Hall–Kier alpha value is -1.57. The third-order valence-electron chi connectivity index (χ3n) is 5.49. The van der Waals surface area contributed by atoms with E-state index in [1.807, 2.05) is 24.3 Å². The van der Waals surface area contributed by atoms with Crippen molar-refractivity contribution in [3.8, 4) is 5.75 Å². The van der Waals surface area contributed by atoms with Gasteiger partial charge in [-0.15, -0.1) is 11.8 Å². The van der Waals surface area contributed by atoms with Crippen molar-refractivity contribution >= 4 is 11.8 Å². The van der Waals surface area contributed by atoms with Crippen LogP contribution in [0, 0.1) is 0 Å². The molecule has 0 amide bonds. The molecule has 1 aliphatic heterocycles. The molecular weight excluding hydrogens is 376 g/mol. The van der Waals surface area contributed by atoms with Crippen LogP contribution in [0.1, 0.15) is 35.4 Å². The first-order valence-corrected chi connectivity index (χ1v) is 10.6. The normalized spacial score (nSPS) is 30.2. The van der Waals surface area contributed by atoms with Crippen LogP contribution in [-0.4, -0.2) is 56.0 Å². The minimum atomic E-state index is -1.36. The van der Waals surface area contributed by atoms with Crippen LogP contribution in [0.5, 0.6) is 5.75 Å². The zero-order valence-electron chi connectivity index (χ0n) is 15.5. The van der Waals surface area contributed by atoms with E-state index in [2.05, 4.69) is 24.3 Å². The van der Waals surface area contributed by atoms with Crippen LogP contribution in [0.2, 0.25) is 0 Å². The third-order valence-corrected chi connectivity index (χ3v) is 6.91. The van der Waals surface area contributed by atoms with E-state index in [9.17, 15) is 20.4 Å². The van der Waals surface area contributed by atoms with E-state index in [1.54, 1.807) is 0 Å². The molecule has 2 aromatic carbocycles. The Labute approximate surface area is 169 Å². The molecule has 2 fully saturated rings. The lowest BCUT2D eigenvalue weighted by molar-refractivity contribution is -0.0910. The van der Waals surface area contributed by atoms with Gasteiger partial charge in [-0.2, -0.15) is 0 Å². The van der Waals surface area contributed by atoms with Gasteiger partial charge in [0.2, 0.25) is 0 Å². The highest BCUT2D eigenvalue weighted by atomic mass is 32.2. The third kappa shape index (κ3) is 4.21. The number of aliphatic hydroxyl groups is 4. The SMILES string of the molecule is OC[C@@H]1S[C@H](Oc2ccccc2Cc2ccc(C3CC3)cc2)[C@H](O)[C@@H](O)[C@@H]1O. The molecular formula is C22H26O5S. The quantitative estimate of drug-likeness (QED) is 0.591. The van der Waals surface area contributed by atoms with E-state index in [0.717, 1.165) is 23.2 Å². The van der Waals surface area contributed by atoms with Crippen molar-refractivity contribution in [3.05, 3.63) is 65.2 Å². The summed E-state index contributed by atoms with van der Waals surface area (Å²) < 4.78 is 6.02. The second kappa shape index (κ2) is 8.43. The maximum atomic E-state index is 10.3. The summed E-state index contributed by atoms with van der Waals surface area (Å²) in [6, 6.07) is 16.3. The molecule has 4 N–H and O–H groups in total. The van der Waals surface area contributed by atoms with Crippen LogP contribution >= 0.6 is 11.8 Å². The Bertz CT molecular complexity index is 790. The molecule has 1 aliphatic carbocycles. The van der Waals surface area contributed by atoms with E-state index in [1.165, 1.54) is 24.0 Å². The zero-order chi connectivity index (χ0) is 19.7. The van der Waals surface area contributed by atoms with Crippen LogP contribution in [0.3, 0.4) is 0 Å². The summed E-state index contributed by atoms with van der Waals surface area (Å²) in [7, 11) is 0. The summed E-state index contributed by atoms with van der Waals surface area (Å²) in [6.07, 6.45) is -0.521. The van der Waals surface area contributed by atoms with Gasteiger partial charge in [0.1, 0.15) is 18.0 Å². The molecule has 5 atom stereocenters. The predicted molar refractivity (Wildman–Crippen MR) is 109 cm³/mol. The molecule has 0 aromatic heterocycles. The van der Waals surface area contributed by atoms with E-state index < -0.39 is 29.0 Å². The highest BCUT2D eigenvalue weighted by molar-refractivity contribution is 8.00. The number of hydrogen-bond donors (Lipinski definition) is 4. The van der Waals surface area contributed by atoms with Crippen molar-refractivity contribution in [2.45, 2.75) is 54.2 Å². The fourth-order valence-electron chi connectivity index (χ4n) is 3.60. The van der Waals surface area contributed by atoms with Gasteiger partial charge in [0.25, 0.3) is 0 Å². The van der Waals surface area contributed by atoms with Gasteiger partial charge < -0.3 is 25.2 Å². The van der Waals surface area contributed by atoms with Gasteiger partial charge in [0.15, 0.2) is 5.44 Å². The lowest BCUT2D eigenvalue weighted by atomic mass is 10.0. The summed E-state index contributed by atoms with van der Waals surface area (Å²) >= 11 is 1.14. The number of thioether (sulfide) groups is 1. The van der Waals surface area contributed by atoms with Gasteiger partial charge in [-0.05, 0) is 41.5 Å². The minimum Gasteiger partial charge on any atom is -0.477 e. The van der Waals surface area contributed by atoms with Gasteiger partial charge in [0.05, 0.1) is 18.0 Å². The molecule has 0 bridgehead atoms. The van der Waals surface area contributed by atoms with E-state index in [-0.39, 0.29) is 6.61 Å². The highest BCUT2D eigenvalue weighted by Gasteiger charge is 2.44. The van der Waals surface area contributed by atoms with Crippen LogP contribution < -0.4 is 4.74 Å². The van der Waals surface area contributed by atoms with Crippen molar-refractivity contribution in [3.63, 3.8) is 0 Å². The summed E-state index contributed by atoms with van der Waals surface area (Å²) in [4.78, 5) is 0. The molecule has 2 aromatic rings. The molecule has 0 spiro atoms. The Balaban J connectivity index is 1.49. The van der Waals surface area contributed by atoms with Crippen molar-refractivity contribution < 1.29 is 25.2 Å². The van der Waals surface area contributed by atoms with Crippen LogP contribution in [0.4, 0.5) is 0 Å². The Kier molecular flexibility index (Phi) is 5.94. The molecule has 0 unspecified atom stereocenters. The summed E-state index contributed by atoms with van der Waals surface area (Å²) in [5.41, 5.74) is 2.79. The van der Waals surface area contributed by atoms with E-state index >= 15 is 0 Å². The Morgan fingerprint density at radius 1 is 0.893 bits per heavy atom. The maximum absolute atomic E-state index is 10.3. The standard InChI is InChI=1S/C22H26O5S/c23-12-18-19(24)20(25)21(26)22(28-18)27-17-4-2-1-3-16(17)11-13-5-7-14(8-6-13)15-9-10-15/h1-8,15,18-26H,9-12H2/t18-,19+,20-,21+,22-/m0/s1. The van der Waals surface area contributed by atoms with E-state index in [4.69, 9.17) is 4.74 Å². The molecule has 2 aliphatic rings. The number of hydrogen-bond acceptors (Lipinski definition) is 6. The summed E-state index contributed by atoms with van der Waals surface area (Å²) in [6.45, 7) is -0.301. The smallest absolute Gasteiger partial charge is 0.173 e. The fraction of sp³-hybridized carbons (Fsp3) is 0.455. The second-order valence-electron chi connectivity index (χ2n) is 7.62. The Morgan fingerprint density at radius 2 is 1.61 bits per heavy atom. The first-order valence-electron chi connectivity index (χ1n) is 9.70. The highest BCUT2D eigenvalue weighted by Crippen LogP contribution is 2.40. The topological polar surface area (TPSA) is 90.2 Å². The molecule has 6 heteroatoms. The molecule has 0 radical (unpaired) electrons. The molecule has 4 rings (SSSR count). The number of aliphatic hydroxyl groups excluding tert-OH is 4. The largest absolute Gasteiger partial charge is 0.477 e. The summed E-state index contributed by atoms with van der Waals surface area (Å²) in [5, 5.41) is 39.2. The molecule has 5 nitrogen and oxygen atoms in total. The number of benzene rings is 2. The first-order chi connectivity index (χ1) is 13.6.